The van der Waals surface area contributed by atoms with Crippen LogP contribution in [0.4, 0.5) is 11.6 Å². The van der Waals surface area contributed by atoms with Gasteiger partial charge in [0.1, 0.15) is 18.0 Å². The molecular formula is C15H20N8. The van der Waals surface area contributed by atoms with Gasteiger partial charge in [0.2, 0.25) is 0 Å². The summed E-state index contributed by atoms with van der Waals surface area (Å²) < 4.78 is 1.71. The number of aryl methyl sites for hydroxylation is 2. The van der Waals surface area contributed by atoms with Gasteiger partial charge in [0.25, 0.3) is 5.78 Å². The Kier molecular flexibility index (Phi) is 4.60. The van der Waals surface area contributed by atoms with E-state index in [1.54, 1.807) is 4.52 Å². The lowest BCUT2D eigenvalue weighted by Gasteiger charge is -2.10. The third kappa shape index (κ3) is 3.71. The predicted molar refractivity (Wildman–Crippen MR) is 88.5 cm³/mol. The number of nitrogens with one attached hydrogen (secondary N) is 2. The molecule has 8 nitrogen and oxygen atoms in total. The Labute approximate surface area is 134 Å². The maximum absolute atomic E-state index is 4.49. The van der Waals surface area contributed by atoms with Crippen molar-refractivity contribution in [2.75, 3.05) is 23.7 Å². The first-order valence-electron chi connectivity index (χ1n) is 7.74. The van der Waals surface area contributed by atoms with Gasteiger partial charge in [-0.1, -0.05) is 13.3 Å². The van der Waals surface area contributed by atoms with E-state index in [9.17, 15) is 0 Å². The zero-order chi connectivity index (χ0) is 16.1. The van der Waals surface area contributed by atoms with E-state index in [0.717, 1.165) is 49.0 Å². The average Bonchev–Trinajstić information content (AvgIpc) is 3.02. The number of nitrogens with zero attached hydrogens (tertiary/aromatic N) is 6. The molecule has 23 heavy (non-hydrogen) atoms. The van der Waals surface area contributed by atoms with E-state index in [-0.39, 0.29) is 0 Å². The number of fused-ring (bicyclic) bond motifs is 1. The molecule has 0 fully saturated rings. The highest BCUT2D eigenvalue weighted by Crippen LogP contribution is 2.12. The summed E-state index contributed by atoms with van der Waals surface area (Å²) in [6.45, 7) is 5.49. The van der Waals surface area contributed by atoms with E-state index in [0.29, 0.717) is 5.78 Å². The predicted octanol–water partition coefficient (Wildman–Crippen LogP) is 1.70. The van der Waals surface area contributed by atoms with Crippen LogP contribution in [0, 0.1) is 6.92 Å². The van der Waals surface area contributed by atoms with Crippen LogP contribution in [0.3, 0.4) is 0 Å². The largest absolute Gasteiger partial charge is 0.368 e. The molecule has 120 valence electrons. The standard InChI is InChI=1S/C15H20N8/c1-3-4-12-9-14(23-15(20-12)18-10-19-23)17-8-7-16-13-6-5-11(2)21-22-13/h5-6,9-10,17H,3-4,7-8H2,1-2H3,(H,16,22). The van der Waals surface area contributed by atoms with Crippen LogP contribution in [0.2, 0.25) is 0 Å². The molecule has 0 bridgehead atoms. The van der Waals surface area contributed by atoms with Crippen LogP contribution in [0.1, 0.15) is 24.7 Å². The van der Waals surface area contributed by atoms with Crippen molar-refractivity contribution in [1.82, 2.24) is 29.8 Å². The molecule has 3 aromatic heterocycles. The Morgan fingerprint density at radius 3 is 2.78 bits per heavy atom. The number of aromatic nitrogens is 6. The first-order chi connectivity index (χ1) is 11.3. The monoisotopic (exact) mass is 312 g/mol. The number of hydrogen-bond donors (Lipinski definition) is 2. The minimum absolute atomic E-state index is 0.621. The fourth-order valence-electron chi connectivity index (χ4n) is 2.25. The van der Waals surface area contributed by atoms with Gasteiger partial charge in [-0.05, 0) is 25.5 Å². The normalized spacial score (nSPS) is 10.9. The van der Waals surface area contributed by atoms with Crippen molar-refractivity contribution in [3.63, 3.8) is 0 Å². The van der Waals surface area contributed by atoms with Gasteiger partial charge >= 0.3 is 0 Å². The lowest BCUT2D eigenvalue weighted by molar-refractivity contribution is 0.853. The minimum atomic E-state index is 0.621. The molecule has 0 spiro atoms. The maximum atomic E-state index is 4.49. The Hall–Kier alpha value is -2.77. The first-order valence-corrected chi connectivity index (χ1v) is 7.74. The van der Waals surface area contributed by atoms with E-state index in [2.05, 4.69) is 42.8 Å². The fourth-order valence-corrected chi connectivity index (χ4v) is 2.25. The van der Waals surface area contributed by atoms with E-state index in [1.165, 1.54) is 6.33 Å². The molecule has 0 aliphatic carbocycles. The second-order valence-electron chi connectivity index (χ2n) is 5.27. The first kappa shape index (κ1) is 15.1. The molecule has 0 aliphatic rings. The SMILES string of the molecule is CCCc1cc(NCCNc2ccc(C)nn2)n2ncnc2n1. The summed E-state index contributed by atoms with van der Waals surface area (Å²) >= 11 is 0. The summed E-state index contributed by atoms with van der Waals surface area (Å²) in [7, 11) is 0. The van der Waals surface area contributed by atoms with Gasteiger partial charge in [-0.2, -0.15) is 19.7 Å². The summed E-state index contributed by atoms with van der Waals surface area (Å²) in [5, 5.41) is 18.9. The van der Waals surface area contributed by atoms with Crippen LogP contribution >= 0.6 is 0 Å². The zero-order valence-electron chi connectivity index (χ0n) is 13.3. The molecule has 0 aliphatic heterocycles. The summed E-state index contributed by atoms with van der Waals surface area (Å²) in [5.41, 5.74) is 1.93. The molecule has 0 saturated heterocycles. The van der Waals surface area contributed by atoms with Gasteiger partial charge in [0, 0.05) is 24.8 Å². The Morgan fingerprint density at radius 2 is 2.00 bits per heavy atom. The highest BCUT2D eigenvalue weighted by molar-refractivity contribution is 5.45. The lowest BCUT2D eigenvalue weighted by atomic mass is 10.2. The molecule has 0 saturated carbocycles. The van der Waals surface area contributed by atoms with Crippen LogP contribution in [-0.2, 0) is 6.42 Å². The van der Waals surface area contributed by atoms with Crippen LogP contribution in [0.5, 0.6) is 0 Å². The van der Waals surface area contributed by atoms with Gasteiger partial charge in [-0.3, -0.25) is 0 Å². The summed E-state index contributed by atoms with van der Waals surface area (Å²) in [4.78, 5) is 8.66. The molecule has 0 aromatic carbocycles. The van der Waals surface area contributed by atoms with E-state index < -0.39 is 0 Å². The second-order valence-corrected chi connectivity index (χ2v) is 5.27. The number of hydrogen-bond acceptors (Lipinski definition) is 7. The number of rotatable bonds is 7. The molecule has 0 atom stereocenters. The third-order valence-electron chi connectivity index (χ3n) is 3.35. The van der Waals surface area contributed by atoms with E-state index in [4.69, 9.17) is 0 Å². The van der Waals surface area contributed by atoms with Gasteiger partial charge in [-0.25, -0.2) is 4.98 Å². The number of anilines is 2. The quantitative estimate of drug-likeness (QED) is 0.641. The molecule has 0 amide bonds. The van der Waals surface area contributed by atoms with Crippen molar-refractivity contribution in [1.29, 1.82) is 0 Å². The highest BCUT2D eigenvalue weighted by atomic mass is 15.4. The Balaban J connectivity index is 1.62. The highest BCUT2D eigenvalue weighted by Gasteiger charge is 2.06. The van der Waals surface area contributed by atoms with Crippen molar-refractivity contribution in [3.05, 3.63) is 35.9 Å². The summed E-state index contributed by atoms with van der Waals surface area (Å²) in [5.74, 6) is 2.29. The van der Waals surface area contributed by atoms with Gasteiger partial charge < -0.3 is 10.6 Å². The minimum Gasteiger partial charge on any atom is -0.368 e. The third-order valence-corrected chi connectivity index (χ3v) is 3.35. The van der Waals surface area contributed by atoms with Crippen molar-refractivity contribution in [3.8, 4) is 0 Å². The lowest BCUT2D eigenvalue weighted by Crippen LogP contribution is -2.17. The smallest absolute Gasteiger partial charge is 0.254 e. The van der Waals surface area contributed by atoms with Gasteiger partial charge in [0.15, 0.2) is 0 Å². The van der Waals surface area contributed by atoms with Crippen molar-refractivity contribution < 1.29 is 0 Å². The molecule has 0 radical (unpaired) electrons. The molecule has 0 unspecified atom stereocenters. The summed E-state index contributed by atoms with van der Waals surface area (Å²) in [6.07, 6.45) is 3.49. The molecule has 2 N–H and O–H groups in total. The van der Waals surface area contributed by atoms with Crippen LogP contribution in [-0.4, -0.2) is 42.9 Å². The van der Waals surface area contributed by atoms with E-state index in [1.807, 2.05) is 25.1 Å². The molecular weight excluding hydrogens is 292 g/mol. The Morgan fingerprint density at radius 1 is 1.13 bits per heavy atom. The van der Waals surface area contributed by atoms with Gasteiger partial charge in [0.05, 0.1) is 5.69 Å². The van der Waals surface area contributed by atoms with Gasteiger partial charge in [-0.15, -0.1) is 5.10 Å². The zero-order valence-corrected chi connectivity index (χ0v) is 13.3. The van der Waals surface area contributed by atoms with Crippen molar-refractivity contribution >= 4 is 17.4 Å². The van der Waals surface area contributed by atoms with Crippen molar-refractivity contribution in [2.24, 2.45) is 0 Å². The summed E-state index contributed by atoms with van der Waals surface area (Å²) in [6, 6.07) is 5.88. The van der Waals surface area contributed by atoms with E-state index >= 15 is 0 Å². The molecule has 8 heteroatoms. The molecule has 3 heterocycles. The van der Waals surface area contributed by atoms with Crippen LogP contribution in [0.25, 0.3) is 5.78 Å². The average molecular weight is 312 g/mol. The Bertz CT molecular complexity index is 765. The van der Waals surface area contributed by atoms with Crippen LogP contribution < -0.4 is 10.6 Å². The molecule has 3 aromatic rings. The topological polar surface area (TPSA) is 92.9 Å². The molecule has 3 rings (SSSR count). The van der Waals surface area contributed by atoms with Crippen molar-refractivity contribution in [2.45, 2.75) is 26.7 Å². The second kappa shape index (κ2) is 6.99. The van der Waals surface area contributed by atoms with Crippen LogP contribution in [0.15, 0.2) is 24.5 Å². The maximum Gasteiger partial charge on any atom is 0.254 e. The fraction of sp³-hybridized carbons (Fsp3) is 0.400.